The second kappa shape index (κ2) is 9.07. The van der Waals surface area contributed by atoms with E-state index in [1.54, 1.807) is 18.2 Å². The molecule has 0 saturated heterocycles. The molecule has 2 aromatic rings. The third kappa shape index (κ3) is 5.12. The number of ether oxygens (including phenoxy) is 3. The van der Waals surface area contributed by atoms with Crippen LogP contribution in [0, 0.1) is 0 Å². The highest BCUT2D eigenvalue weighted by Gasteiger charge is 2.19. The van der Waals surface area contributed by atoms with Crippen LogP contribution in [0.15, 0.2) is 41.3 Å². The van der Waals surface area contributed by atoms with Crippen molar-refractivity contribution in [3.05, 3.63) is 52.5 Å². The van der Waals surface area contributed by atoms with Crippen molar-refractivity contribution < 1.29 is 27.4 Å². The molecule has 0 aliphatic rings. The molecular weight excluding hydrogens is 394 g/mol. The van der Waals surface area contributed by atoms with E-state index < -0.39 is 16.0 Å². The summed E-state index contributed by atoms with van der Waals surface area (Å²) in [6.45, 7) is 2.32. The van der Waals surface area contributed by atoms with Gasteiger partial charge in [0.05, 0.1) is 36.3 Å². The normalized spacial score (nSPS) is 11.1. The Kier molecular flexibility index (Phi) is 7.06. The highest BCUT2D eigenvalue weighted by molar-refractivity contribution is 7.89. The fourth-order valence-electron chi connectivity index (χ4n) is 2.30. The van der Waals surface area contributed by atoms with Gasteiger partial charge < -0.3 is 14.2 Å². The Morgan fingerprint density at radius 2 is 1.85 bits per heavy atom. The van der Waals surface area contributed by atoms with E-state index in [1.165, 1.54) is 32.4 Å². The molecule has 0 aliphatic heterocycles. The number of rotatable bonds is 8. The van der Waals surface area contributed by atoms with Crippen molar-refractivity contribution in [2.45, 2.75) is 18.4 Å². The molecule has 27 heavy (non-hydrogen) atoms. The molecule has 0 unspecified atom stereocenters. The third-order valence-corrected chi connectivity index (χ3v) is 5.38. The predicted octanol–water partition coefficient (Wildman–Crippen LogP) is 3.01. The lowest BCUT2D eigenvalue weighted by Gasteiger charge is -2.12. The first kappa shape index (κ1) is 21.0. The molecule has 0 amide bonds. The van der Waals surface area contributed by atoms with Crippen LogP contribution in [-0.2, 0) is 21.3 Å². The number of halogens is 1. The first-order valence-corrected chi connectivity index (χ1v) is 9.85. The molecule has 0 aromatic heterocycles. The summed E-state index contributed by atoms with van der Waals surface area (Å²) in [4.78, 5) is 11.6. The average molecular weight is 414 g/mol. The van der Waals surface area contributed by atoms with Crippen LogP contribution in [0.3, 0.4) is 0 Å². The molecular formula is C18H20ClNO6S. The lowest BCUT2D eigenvalue weighted by atomic mass is 10.2. The SMILES string of the molecule is CCOc1cc(CNS(=O)(=O)c2ccc(Cl)c(C(=O)OC)c2)ccc1OC. The first-order chi connectivity index (χ1) is 12.8. The molecule has 0 bridgehead atoms. The van der Waals surface area contributed by atoms with Crippen LogP contribution in [0.4, 0.5) is 0 Å². The lowest BCUT2D eigenvalue weighted by molar-refractivity contribution is 0.0600. The van der Waals surface area contributed by atoms with Crippen molar-refractivity contribution in [3.8, 4) is 11.5 Å². The number of carbonyl (C=O) groups is 1. The second-order valence-electron chi connectivity index (χ2n) is 5.38. The van der Waals surface area contributed by atoms with E-state index in [2.05, 4.69) is 9.46 Å². The Morgan fingerprint density at radius 3 is 2.48 bits per heavy atom. The van der Waals surface area contributed by atoms with E-state index >= 15 is 0 Å². The van der Waals surface area contributed by atoms with E-state index in [-0.39, 0.29) is 22.0 Å². The number of benzene rings is 2. The van der Waals surface area contributed by atoms with Crippen LogP contribution >= 0.6 is 11.6 Å². The zero-order valence-electron chi connectivity index (χ0n) is 15.1. The predicted molar refractivity (Wildman–Crippen MR) is 101 cm³/mol. The summed E-state index contributed by atoms with van der Waals surface area (Å²) in [6.07, 6.45) is 0. The maximum atomic E-state index is 12.6. The van der Waals surface area contributed by atoms with E-state index in [0.29, 0.717) is 23.7 Å². The number of sulfonamides is 1. The zero-order chi connectivity index (χ0) is 20.0. The van der Waals surface area contributed by atoms with Gasteiger partial charge in [0.15, 0.2) is 11.5 Å². The van der Waals surface area contributed by atoms with Gasteiger partial charge in [0.2, 0.25) is 10.0 Å². The van der Waals surface area contributed by atoms with Crippen LogP contribution in [0.25, 0.3) is 0 Å². The van der Waals surface area contributed by atoms with Gasteiger partial charge in [0.1, 0.15) is 0 Å². The van der Waals surface area contributed by atoms with E-state index in [9.17, 15) is 13.2 Å². The van der Waals surface area contributed by atoms with E-state index in [4.69, 9.17) is 21.1 Å². The molecule has 0 atom stereocenters. The molecule has 2 rings (SSSR count). The van der Waals surface area contributed by atoms with Gasteiger partial charge in [-0.3, -0.25) is 0 Å². The fourth-order valence-corrected chi connectivity index (χ4v) is 3.54. The summed E-state index contributed by atoms with van der Waals surface area (Å²) in [7, 11) is -1.15. The van der Waals surface area contributed by atoms with Crippen molar-refractivity contribution in [2.24, 2.45) is 0 Å². The summed E-state index contributed by atoms with van der Waals surface area (Å²) in [5.74, 6) is 0.369. The highest BCUT2D eigenvalue weighted by atomic mass is 35.5. The maximum Gasteiger partial charge on any atom is 0.339 e. The Balaban J connectivity index is 2.22. The molecule has 0 fully saturated rings. The van der Waals surface area contributed by atoms with Crippen molar-refractivity contribution >= 4 is 27.6 Å². The maximum absolute atomic E-state index is 12.6. The molecule has 0 heterocycles. The van der Waals surface area contributed by atoms with Crippen molar-refractivity contribution in [1.82, 2.24) is 4.72 Å². The number of methoxy groups -OCH3 is 2. The molecule has 0 saturated carbocycles. The zero-order valence-corrected chi connectivity index (χ0v) is 16.7. The molecule has 9 heteroatoms. The molecule has 1 N–H and O–H groups in total. The third-order valence-electron chi connectivity index (χ3n) is 3.65. The number of esters is 1. The summed E-state index contributed by atoms with van der Waals surface area (Å²) >= 11 is 5.93. The number of hydrogen-bond acceptors (Lipinski definition) is 6. The molecule has 0 spiro atoms. The van der Waals surface area contributed by atoms with Gasteiger partial charge in [-0.25, -0.2) is 17.9 Å². The minimum absolute atomic E-state index is 0.0230. The largest absolute Gasteiger partial charge is 0.493 e. The molecule has 0 radical (unpaired) electrons. The topological polar surface area (TPSA) is 90.9 Å². The van der Waals surface area contributed by atoms with Gasteiger partial charge in [-0.15, -0.1) is 0 Å². The number of carbonyl (C=O) groups excluding carboxylic acids is 1. The van der Waals surface area contributed by atoms with Crippen LogP contribution in [-0.4, -0.2) is 35.2 Å². The standard InChI is InChI=1S/C18H20ClNO6S/c1-4-26-17-9-12(5-8-16(17)24-2)11-20-27(22,23)13-6-7-15(19)14(10-13)18(21)25-3/h5-10,20H,4,11H2,1-3H3. The molecule has 2 aromatic carbocycles. The lowest BCUT2D eigenvalue weighted by Crippen LogP contribution is -2.23. The van der Waals surface area contributed by atoms with Crippen LogP contribution in [0.1, 0.15) is 22.8 Å². The summed E-state index contributed by atoms with van der Waals surface area (Å²) < 4.78 is 42.9. The minimum Gasteiger partial charge on any atom is -0.493 e. The smallest absolute Gasteiger partial charge is 0.339 e. The van der Waals surface area contributed by atoms with Crippen molar-refractivity contribution in [1.29, 1.82) is 0 Å². The van der Waals surface area contributed by atoms with Crippen molar-refractivity contribution in [3.63, 3.8) is 0 Å². The van der Waals surface area contributed by atoms with Crippen molar-refractivity contribution in [2.75, 3.05) is 20.8 Å². The molecule has 146 valence electrons. The number of nitrogens with one attached hydrogen (secondary N) is 1. The quantitative estimate of drug-likeness (QED) is 0.669. The van der Waals surface area contributed by atoms with E-state index in [0.717, 1.165) is 0 Å². The molecule has 0 aliphatic carbocycles. The van der Waals surface area contributed by atoms with Crippen LogP contribution in [0.5, 0.6) is 11.5 Å². The van der Waals surface area contributed by atoms with Gasteiger partial charge >= 0.3 is 5.97 Å². The Morgan fingerprint density at radius 1 is 1.11 bits per heavy atom. The fraction of sp³-hybridized carbons (Fsp3) is 0.278. The summed E-state index contributed by atoms with van der Waals surface area (Å²) in [6, 6.07) is 8.96. The summed E-state index contributed by atoms with van der Waals surface area (Å²) in [5, 5.41) is 0.109. The second-order valence-corrected chi connectivity index (χ2v) is 7.55. The first-order valence-electron chi connectivity index (χ1n) is 7.99. The van der Waals surface area contributed by atoms with Gasteiger partial charge in [0.25, 0.3) is 0 Å². The Hall–Kier alpha value is -2.29. The van der Waals surface area contributed by atoms with Gasteiger partial charge in [-0.2, -0.15) is 0 Å². The van der Waals surface area contributed by atoms with E-state index in [1.807, 2.05) is 6.92 Å². The Labute approximate surface area is 163 Å². The Bertz CT molecular complexity index is 929. The summed E-state index contributed by atoms with van der Waals surface area (Å²) in [5.41, 5.74) is 0.662. The van der Waals surface area contributed by atoms with Gasteiger partial charge in [-0.05, 0) is 42.8 Å². The van der Waals surface area contributed by atoms with Gasteiger partial charge in [0, 0.05) is 6.54 Å². The monoisotopic (exact) mass is 413 g/mol. The van der Waals surface area contributed by atoms with Gasteiger partial charge in [-0.1, -0.05) is 17.7 Å². The average Bonchev–Trinajstić information content (AvgIpc) is 2.66. The minimum atomic E-state index is -3.87. The van der Waals surface area contributed by atoms with Crippen LogP contribution in [0.2, 0.25) is 5.02 Å². The molecule has 7 nitrogen and oxygen atoms in total. The highest BCUT2D eigenvalue weighted by Crippen LogP contribution is 2.28. The number of hydrogen-bond donors (Lipinski definition) is 1. The van der Waals surface area contributed by atoms with Crippen LogP contribution < -0.4 is 14.2 Å².